The molecule has 0 radical (unpaired) electrons. The lowest BCUT2D eigenvalue weighted by atomic mass is 9.87. The zero-order valence-corrected chi connectivity index (χ0v) is 15.7. The van der Waals surface area contributed by atoms with Gasteiger partial charge >= 0.3 is 0 Å². The van der Waals surface area contributed by atoms with Gasteiger partial charge in [0.2, 0.25) is 15.9 Å². The van der Waals surface area contributed by atoms with E-state index in [1.54, 1.807) is 12.1 Å². The van der Waals surface area contributed by atoms with Gasteiger partial charge in [-0.2, -0.15) is 0 Å². The second-order valence-corrected chi connectivity index (χ2v) is 8.36. The van der Waals surface area contributed by atoms with Crippen molar-refractivity contribution in [3.63, 3.8) is 0 Å². The maximum absolute atomic E-state index is 12.7. The number of carbonyl (C=O) groups excluding carboxylic acids is 1. The van der Waals surface area contributed by atoms with Crippen LogP contribution in [-0.4, -0.2) is 26.3 Å². The van der Waals surface area contributed by atoms with Crippen molar-refractivity contribution >= 4 is 15.9 Å². The number of hydrogen-bond acceptors (Lipinski definition) is 3. The van der Waals surface area contributed by atoms with E-state index in [4.69, 9.17) is 5.14 Å². The Kier molecular flexibility index (Phi) is 5.44. The van der Waals surface area contributed by atoms with Crippen molar-refractivity contribution in [2.45, 2.75) is 43.0 Å². The van der Waals surface area contributed by atoms with E-state index in [0.29, 0.717) is 12.8 Å². The predicted octanol–water partition coefficient (Wildman–Crippen LogP) is 2.80. The molecule has 2 aromatic carbocycles. The standard InChI is InChI=1S/C20H24N2O3S/c1-22(19-8-4-6-16-5-2-3-7-18(16)19)20(23)14-11-15-9-12-17(13-10-15)26(21,24)25/h2-3,5,7,9-10,12-13,19H,4,6,8,11,14H2,1H3,(H2,21,24,25). The van der Waals surface area contributed by atoms with E-state index in [2.05, 4.69) is 12.1 Å². The SMILES string of the molecule is CN(C(=O)CCc1ccc(S(N)(=O)=O)cc1)C1CCCc2ccccc21. The molecule has 1 unspecified atom stereocenters. The van der Waals surface area contributed by atoms with Crippen LogP contribution in [0.25, 0.3) is 0 Å². The third kappa shape index (κ3) is 4.14. The smallest absolute Gasteiger partial charge is 0.238 e. The number of primary sulfonamides is 1. The van der Waals surface area contributed by atoms with Gasteiger partial charge in [-0.05, 0) is 54.5 Å². The number of sulfonamides is 1. The third-order valence-electron chi connectivity index (χ3n) is 5.08. The Morgan fingerprint density at radius 3 is 2.54 bits per heavy atom. The zero-order chi connectivity index (χ0) is 18.7. The van der Waals surface area contributed by atoms with Gasteiger partial charge < -0.3 is 4.90 Å². The van der Waals surface area contributed by atoms with Crippen molar-refractivity contribution in [1.29, 1.82) is 0 Å². The van der Waals surface area contributed by atoms with Crippen molar-refractivity contribution in [2.24, 2.45) is 5.14 Å². The highest BCUT2D eigenvalue weighted by Gasteiger charge is 2.26. The highest BCUT2D eigenvalue weighted by atomic mass is 32.2. The lowest BCUT2D eigenvalue weighted by Crippen LogP contribution is -2.33. The van der Waals surface area contributed by atoms with E-state index >= 15 is 0 Å². The quantitative estimate of drug-likeness (QED) is 0.876. The van der Waals surface area contributed by atoms with Crippen molar-refractivity contribution < 1.29 is 13.2 Å². The van der Waals surface area contributed by atoms with Gasteiger partial charge in [-0.25, -0.2) is 13.6 Å². The fourth-order valence-electron chi connectivity index (χ4n) is 3.58. The van der Waals surface area contributed by atoms with Gasteiger partial charge in [0.1, 0.15) is 0 Å². The number of nitrogens with zero attached hydrogens (tertiary/aromatic N) is 1. The van der Waals surface area contributed by atoms with Crippen LogP contribution >= 0.6 is 0 Å². The average Bonchev–Trinajstić information content (AvgIpc) is 2.64. The Morgan fingerprint density at radius 1 is 1.15 bits per heavy atom. The fourth-order valence-corrected chi connectivity index (χ4v) is 4.09. The Morgan fingerprint density at radius 2 is 1.85 bits per heavy atom. The molecule has 1 amide bonds. The molecule has 2 N–H and O–H groups in total. The summed E-state index contributed by atoms with van der Waals surface area (Å²) < 4.78 is 22.6. The summed E-state index contributed by atoms with van der Waals surface area (Å²) in [6.07, 6.45) is 4.12. The zero-order valence-electron chi connectivity index (χ0n) is 14.9. The number of amides is 1. The molecule has 3 rings (SSSR count). The lowest BCUT2D eigenvalue weighted by Gasteiger charge is -2.33. The van der Waals surface area contributed by atoms with Crippen LogP contribution in [0.15, 0.2) is 53.4 Å². The van der Waals surface area contributed by atoms with E-state index in [9.17, 15) is 13.2 Å². The Balaban J connectivity index is 1.64. The molecule has 5 nitrogen and oxygen atoms in total. The van der Waals surface area contributed by atoms with Crippen LogP contribution in [-0.2, 0) is 27.7 Å². The largest absolute Gasteiger partial charge is 0.339 e. The summed E-state index contributed by atoms with van der Waals surface area (Å²) in [7, 11) is -1.81. The van der Waals surface area contributed by atoms with Gasteiger partial charge in [0.25, 0.3) is 0 Å². The molecule has 6 heteroatoms. The highest BCUT2D eigenvalue weighted by Crippen LogP contribution is 2.33. The molecule has 0 heterocycles. The number of benzene rings is 2. The van der Waals surface area contributed by atoms with E-state index in [1.165, 1.54) is 23.3 Å². The number of rotatable bonds is 5. The first kappa shape index (κ1) is 18.6. The molecule has 0 fully saturated rings. The number of aryl methyl sites for hydroxylation is 2. The van der Waals surface area contributed by atoms with Crippen LogP contribution in [0, 0.1) is 0 Å². The first-order valence-corrected chi connectivity index (χ1v) is 10.4. The van der Waals surface area contributed by atoms with Gasteiger partial charge in [-0.1, -0.05) is 36.4 Å². The Labute approximate surface area is 154 Å². The van der Waals surface area contributed by atoms with Gasteiger partial charge in [-0.3, -0.25) is 4.79 Å². The number of fused-ring (bicyclic) bond motifs is 1. The second-order valence-electron chi connectivity index (χ2n) is 6.80. The van der Waals surface area contributed by atoms with Gasteiger partial charge in [0.15, 0.2) is 0 Å². The van der Waals surface area contributed by atoms with Crippen molar-refractivity contribution in [1.82, 2.24) is 4.90 Å². The molecule has 2 aromatic rings. The van der Waals surface area contributed by atoms with Crippen LogP contribution in [0.2, 0.25) is 0 Å². The minimum atomic E-state index is -3.68. The molecular weight excluding hydrogens is 348 g/mol. The van der Waals surface area contributed by atoms with Crippen LogP contribution in [0.3, 0.4) is 0 Å². The lowest BCUT2D eigenvalue weighted by molar-refractivity contribution is -0.132. The Hall–Kier alpha value is -2.18. The summed E-state index contributed by atoms with van der Waals surface area (Å²) in [6.45, 7) is 0. The topological polar surface area (TPSA) is 80.5 Å². The molecule has 138 valence electrons. The molecule has 0 saturated heterocycles. The average molecular weight is 372 g/mol. The summed E-state index contributed by atoms with van der Waals surface area (Å²) in [4.78, 5) is 14.6. The monoisotopic (exact) mass is 372 g/mol. The molecule has 1 aliphatic carbocycles. The van der Waals surface area contributed by atoms with Crippen molar-refractivity contribution in [2.75, 3.05) is 7.05 Å². The second kappa shape index (κ2) is 7.60. The molecule has 0 bridgehead atoms. The first-order valence-electron chi connectivity index (χ1n) is 8.81. The van der Waals surface area contributed by atoms with Gasteiger partial charge in [-0.15, -0.1) is 0 Å². The van der Waals surface area contributed by atoms with E-state index in [0.717, 1.165) is 24.8 Å². The van der Waals surface area contributed by atoms with Crippen LogP contribution in [0.4, 0.5) is 0 Å². The van der Waals surface area contributed by atoms with E-state index < -0.39 is 10.0 Å². The van der Waals surface area contributed by atoms with Crippen LogP contribution in [0.5, 0.6) is 0 Å². The molecule has 0 aliphatic heterocycles. The summed E-state index contributed by atoms with van der Waals surface area (Å²) in [6, 6.07) is 14.9. The van der Waals surface area contributed by atoms with Crippen LogP contribution < -0.4 is 5.14 Å². The van der Waals surface area contributed by atoms with Crippen molar-refractivity contribution in [3.05, 3.63) is 65.2 Å². The summed E-state index contributed by atoms with van der Waals surface area (Å²) in [5, 5.41) is 5.10. The molecule has 0 spiro atoms. The number of hydrogen-bond donors (Lipinski definition) is 1. The van der Waals surface area contributed by atoms with Gasteiger partial charge in [0.05, 0.1) is 10.9 Å². The predicted molar refractivity (Wildman–Crippen MR) is 101 cm³/mol. The molecule has 26 heavy (non-hydrogen) atoms. The maximum atomic E-state index is 12.7. The third-order valence-corrected chi connectivity index (χ3v) is 6.01. The first-order chi connectivity index (χ1) is 12.4. The summed E-state index contributed by atoms with van der Waals surface area (Å²) in [5.74, 6) is 0.0993. The van der Waals surface area contributed by atoms with E-state index in [1.807, 2.05) is 24.1 Å². The highest BCUT2D eigenvalue weighted by molar-refractivity contribution is 7.89. The number of nitrogens with two attached hydrogens (primary N) is 1. The van der Waals surface area contributed by atoms with Crippen molar-refractivity contribution in [3.8, 4) is 0 Å². The molecule has 1 aliphatic rings. The molecule has 0 aromatic heterocycles. The normalized spacial score (nSPS) is 16.8. The van der Waals surface area contributed by atoms with Crippen LogP contribution in [0.1, 0.15) is 42.0 Å². The minimum Gasteiger partial charge on any atom is -0.339 e. The van der Waals surface area contributed by atoms with E-state index in [-0.39, 0.29) is 16.8 Å². The summed E-state index contributed by atoms with van der Waals surface area (Å²) >= 11 is 0. The molecule has 1 atom stereocenters. The summed E-state index contributed by atoms with van der Waals surface area (Å²) in [5.41, 5.74) is 3.51. The van der Waals surface area contributed by atoms with Gasteiger partial charge in [0, 0.05) is 13.5 Å². The number of carbonyl (C=O) groups is 1. The maximum Gasteiger partial charge on any atom is 0.238 e. The fraction of sp³-hybridized carbons (Fsp3) is 0.350. The molecular formula is C20H24N2O3S. The Bertz CT molecular complexity index is 892. The molecule has 0 saturated carbocycles. The minimum absolute atomic E-state index is 0.0866.